The van der Waals surface area contributed by atoms with Crippen LogP contribution in [0.4, 0.5) is 0 Å². The molecule has 0 heterocycles. The van der Waals surface area contributed by atoms with Crippen LogP contribution in [0.15, 0.2) is 42.5 Å². The molecule has 2 aromatic rings. The topological polar surface area (TPSA) is 33.0 Å². The molecule has 0 bridgehead atoms. The molecular weight excluding hydrogens is 258 g/mol. The Hall–Kier alpha value is -1.98. The van der Waals surface area contributed by atoms with Crippen molar-refractivity contribution in [2.45, 2.75) is 19.8 Å². The Bertz CT molecular complexity index is 629. The molecule has 96 valence electrons. The molecule has 2 aromatic carbocycles. The molecule has 0 aromatic heterocycles. The molecule has 0 fully saturated rings. The normalized spacial score (nSPS) is 10.3. The smallest absolute Gasteiger partial charge is 0.145 e. The molecule has 0 amide bonds. The molecule has 0 radical (unpaired) electrons. The van der Waals surface area contributed by atoms with Crippen LogP contribution < -0.4 is 4.74 Å². The summed E-state index contributed by atoms with van der Waals surface area (Å²) in [4.78, 5) is 0. The molecular formula is C16H14ClNO. The van der Waals surface area contributed by atoms with Gasteiger partial charge in [-0.3, -0.25) is 0 Å². The maximum atomic E-state index is 9.08. The summed E-state index contributed by atoms with van der Waals surface area (Å²) in [5.41, 5.74) is 1.63. The zero-order valence-corrected chi connectivity index (χ0v) is 11.6. The minimum atomic E-state index is 0.433. The second-order valence-electron chi connectivity index (χ2n) is 4.58. The van der Waals surface area contributed by atoms with E-state index in [1.807, 2.05) is 18.2 Å². The van der Waals surface area contributed by atoms with Gasteiger partial charge >= 0.3 is 0 Å². The van der Waals surface area contributed by atoms with Gasteiger partial charge in [-0.05, 0) is 41.8 Å². The summed E-state index contributed by atoms with van der Waals surface area (Å²) in [6, 6.07) is 15.0. The van der Waals surface area contributed by atoms with E-state index in [4.69, 9.17) is 21.6 Å². The van der Waals surface area contributed by atoms with Gasteiger partial charge in [0, 0.05) is 5.02 Å². The van der Waals surface area contributed by atoms with Gasteiger partial charge in [0.05, 0.1) is 5.56 Å². The van der Waals surface area contributed by atoms with Crippen molar-refractivity contribution >= 4 is 11.6 Å². The Morgan fingerprint density at radius 1 is 1.16 bits per heavy atom. The van der Waals surface area contributed by atoms with E-state index < -0.39 is 0 Å². The van der Waals surface area contributed by atoms with Crippen molar-refractivity contribution in [3.05, 3.63) is 58.6 Å². The van der Waals surface area contributed by atoms with Crippen molar-refractivity contribution in [1.82, 2.24) is 0 Å². The molecule has 19 heavy (non-hydrogen) atoms. The highest BCUT2D eigenvalue weighted by molar-refractivity contribution is 6.30. The first-order valence-electron chi connectivity index (χ1n) is 6.07. The lowest BCUT2D eigenvalue weighted by atomic mass is 10.0. The van der Waals surface area contributed by atoms with Crippen LogP contribution in [-0.2, 0) is 0 Å². The highest BCUT2D eigenvalue weighted by Crippen LogP contribution is 2.29. The average Bonchev–Trinajstić information content (AvgIpc) is 2.41. The highest BCUT2D eigenvalue weighted by Gasteiger charge is 2.07. The van der Waals surface area contributed by atoms with Crippen molar-refractivity contribution in [2.24, 2.45) is 0 Å². The fourth-order valence-corrected chi connectivity index (χ4v) is 1.91. The molecule has 3 heteroatoms. The number of nitriles is 1. The zero-order valence-electron chi connectivity index (χ0n) is 10.9. The minimum Gasteiger partial charge on any atom is -0.456 e. The highest BCUT2D eigenvalue weighted by atomic mass is 35.5. The third-order valence-electron chi connectivity index (χ3n) is 2.81. The van der Waals surface area contributed by atoms with Crippen molar-refractivity contribution in [2.75, 3.05) is 0 Å². The van der Waals surface area contributed by atoms with Gasteiger partial charge in [0.2, 0.25) is 0 Å². The van der Waals surface area contributed by atoms with Gasteiger partial charge in [0.25, 0.3) is 0 Å². The fourth-order valence-electron chi connectivity index (χ4n) is 1.74. The zero-order chi connectivity index (χ0) is 13.8. The minimum absolute atomic E-state index is 0.433. The second kappa shape index (κ2) is 5.77. The van der Waals surface area contributed by atoms with Crippen LogP contribution in [0.1, 0.15) is 30.9 Å². The molecule has 0 N–H and O–H groups in total. The van der Waals surface area contributed by atoms with E-state index in [2.05, 4.69) is 26.0 Å². The Labute approximate surface area is 118 Å². The first-order valence-corrected chi connectivity index (χ1v) is 6.45. The standard InChI is InChI=1S/C16H14ClNO/c1-11(2)12-4-3-5-15(9-12)19-16-7-6-14(17)8-13(16)10-18/h3-9,11H,1-2H3. The van der Waals surface area contributed by atoms with Crippen LogP contribution in [0, 0.1) is 11.3 Å². The van der Waals surface area contributed by atoms with Crippen LogP contribution in [0.3, 0.4) is 0 Å². The largest absolute Gasteiger partial charge is 0.456 e. The molecule has 2 rings (SSSR count). The summed E-state index contributed by atoms with van der Waals surface area (Å²) >= 11 is 5.86. The molecule has 0 aliphatic rings. The maximum absolute atomic E-state index is 9.08. The number of rotatable bonds is 3. The summed E-state index contributed by atoms with van der Waals surface area (Å²) in [6.45, 7) is 4.25. The number of nitrogens with zero attached hydrogens (tertiary/aromatic N) is 1. The summed E-state index contributed by atoms with van der Waals surface area (Å²) in [5, 5.41) is 9.60. The summed E-state index contributed by atoms with van der Waals surface area (Å²) in [5.74, 6) is 1.68. The van der Waals surface area contributed by atoms with Crippen molar-refractivity contribution in [3.63, 3.8) is 0 Å². The predicted octanol–water partition coefficient (Wildman–Crippen LogP) is 5.13. The van der Waals surface area contributed by atoms with Gasteiger partial charge in [-0.2, -0.15) is 5.26 Å². The Balaban J connectivity index is 2.31. The lowest BCUT2D eigenvalue weighted by Crippen LogP contribution is -1.91. The van der Waals surface area contributed by atoms with Crippen LogP contribution >= 0.6 is 11.6 Å². The summed E-state index contributed by atoms with van der Waals surface area (Å²) in [6.07, 6.45) is 0. The van der Waals surface area contributed by atoms with Gasteiger partial charge in [-0.15, -0.1) is 0 Å². The van der Waals surface area contributed by atoms with Gasteiger partial charge in [-0.25, -0.2) is 0 Å². The molecule has 0 spiro atoms. The van der Waals surface area contributed by atoms with Gasteiger partial charge in [0.15, 0.2) is 0 Å². The SMILES string of the molecule is CC(C)c1cccc(Oc2ccc(Cl)cc2C#N)c1. The molecule has 0 unspecified atom stereocenters. The Morgan fingerprint density at radius 3 is 2.63 bits per heavy atom. The monoisotopic (exact) mass is 271 g/mol. The first-order chi connectivity index (χ1) is 9.10. The maximum Gasteiger partial charge on any atom is 0.145 e. The van der Waals surface area contributed by atoms with Crippen LogP contribution in [0.25, 0.3) is 0 Å². The average molecular weight is 272 g/mol. The number of halogens is 1. The molecule has 0 aliphatic carbocycles. The van der Waals surface area contributed by atoms with Crippen molar-refractivity contribution in [3.8, 4) is 17.6 Å². The summed E-state index contributed by atoms with van der Waals surface area (Å²) in [7, 11) is 0. The molecule has 0 saturated carbocycles. The summed E-state index contributed by atoms with van der Waals surface area (Å²) < 4.78 is 5.77. The lowest BCUT2D eigenvalue weighted by Gasteiger charge is -2.10. The van der Waals surface area contributed by atoms with E-state index in [-0.39, 0.29) is 0 Å². The van der Waals surface area contributed by atoms with Gasteiger partial charge in [-0.1, -0.05) is 37.6 Å². The number of ether oxygens (including phenoxy) is 1. The van der Waals surface area contributed by atoms with Gasteiger partial charge in [0.1, 0.15) is 17.6 Å². The number of hydrogen-bond acceptors (Lipinski definition) is 2. The third-order valence-corrected chi connectivity index (χ3v) is 3.05. The van der Waals surface area contributed by atoms with E-state index in [0.717, 1.165) is 5.75 Å². The molecule has 2 nitrogen and oxygen atoms in total. The third kappa shape index (κ3) is 3.27. The lowest BCUT2D eigenvalue weighted by molar-refractivity contribution is 0.480. The Morgan fingerprint density at radius 2 is 1.95 bits per heavy atom. The number of hydrogen-bond donors (Lipinski definition) is 0. The molecule has 0 aliphatic heterocycles. The van der Waals surface area contributed by atoms with E-state index in [1.54, 1.807) is 18.2 Å². The van der Waals surface area contributed by atoms with E-state index in [0.29, 0.717) is 22.3 Å². The van der Waals surface area contributed by atoms with Crippen LogP contribution in [-0.4, -0.2) is 0 Å². The van der Waals surface area contributed by atoms with Crippen LogP contribution in [0.5, 0.6) is 11.5 Å². The van der Waals surface area contributed by atoms with E-state index in [9.17, 15) is 0 Å². The Kier molecular flexibility index (Phi) is 4.09. The first kappa shape index (κ1) is 13.5. The molecule has 0 atom stereocenters. The quantitative estimate of drug-likeness (QED) is 0.775. The van der Waals surface area contributed by atoms with Crippen molar-refractivity contribution < 1.29 is 4.74 Å². The second-order valence-corrected chi connectivity index (χ2v) is 5.02. The van der Waals surface area contributed by atoms with Gasteiger partial charge < -0.3 is 4.74 Å². The van der Waals surface area contributed by atoms with Crippen LogP contribution in [0.2, 0.25) is 5.02 Å². The van der Waals surface area contributed by atoms with Crippen molar-refractivity contribution in [1.29, 1.82) is 5.26 Å². The number of benzene rings is 2. The predicted molar refractivity (Wildman–Crippen MR) is 76.8 cm³/mol. The fraction of sp³-hybridized carbons (Fsp3) is 0.188. The van der Waals surface area contributed by atoms with E-state index in [1.165, 1.54) is 5.56 Å². The molecule has 0 saturated heterocycles. The van der Waals surface area contributed by atoms with E-state index >= 15 is 0 Å².